The minimum Gasteiger partial charge on any atom is -0.486 e. The van der Waals surface area contributed by atoms with Crippen LogP contribution in [-0.4, -0.2) is 10.8 Å². The average molecular weight is 241 g/mol. The highest BCUT2D eigenvalue weighted by atomic mass is 16.5. The molecule has 0 radical (unpaired) electrons. The van der Waals surface area contributed by atoms with Gasteiger partial charge in [0, 0.05) is 23.5 Å². The summed E-state index contributed by atoms with van der Waals surface area (Å²) >= 11 is 0. The third kappa shape index (κ3) is 2.94. The highest BCUT2D eigenvalue weighted by molar-refractivity contribution is 5.94. The van der Waals surface area contributed by atoms with Crippen LogP contribution in [-0.2, 0) is 0 Å². The summed E-state index contributed by atoms with van der Waals surface area (Å²) in [7, 11) is 0. The van der Waals surface area contributed by atoms with E-state index in [2.05, 4.69) is 4.98 Å². The molecule has 0 aliphatic heterocycles. The molecular formula is C15H15NO2. The maximum atomic E-state index is 11.2. The van der Waals surface area contributed by atoms with E-state index >= 15 is 0 Å². The standard InChI is InChI=1S/C15H15NO2/c1-11(17)13-5-7-15(8-6-13)18-12(2)14-4-3-9-16-10-14/h3-10,12H,1-2H3. The van der Waals surface area contributed by atoms with E-state index in [-0.39, 0.29) is 11.9 Å². The van der Waals surface area contributed by atoms with E-state index in [4.69, 9.17) is 4.74 Å². The van der Waals surface area contributed by atoms with Gasteiger partial charge in [-0.2, -0.15) is 0 Å². The predicted octanol–water partition coefficient (Wildman–Crippen LogP) is 3.42. The predicted molar refractivity (Wildman–Crippen MR) is 69.7 cm³/mol. The lowest BCUT2D eigenvalue weighted by molar-refractivity contribution is 0.101. The summed E-state index contributed by atoms with van der Waals surface area (Å²) in [5.74, 6) is 0.804. The minimum absolute atomic E-state index is 0.0573. The molecule has 1 aromatic heterocycles. The molecule has 0 amide bonds. The number of Topliss-reactive ketones (excluding diaryl/α,β-unsaturated/α-hetero) is 1. The number of carbonyl (C=O) groups is 1. The molecule has 0 bridgehead atoms. The Balaban J connectivity index is 2.08. The molecule has 1 heterocycles. The van der Waals surface area contributed by atoms with Gasteiger partial charge in [-0.05, 0) is 44.2 Å². The van der Waals surface area contributed by atoms with E-state index in [1.54, 1.807) is 31.5 Å². The summed E-state index contributed by atoms with van der Waals surface area (Å²) in [6.45, 7) is 3.52. The number of carbonyl (C=O) groups excluding carboxylic acids is 1. The van der Waals surface area contributed by atoms with Crippen LogP contribution in [0.3, 0.4) is 0 Å². The number of benzene rings is 1. The number of nitrogens with zero attached hydrogens (tertiary/aromatic N) is 1. The van der Waals surface area contributed by atoms with Crippen LogP contribution in [0.1, 0.15) is 35.9 Å². The van der Waals surface area contributed by atoms with Gasteiger partial charge in [0.25, 0.3) is 0 Å². The molecule has 2 rings (SSSR count). The van der Waals surface area contributed by atoms with Gasteiger partial charge in [-0.1, -0.05) is 6.07 Å². The second-order valence-electron chi connectivity index (χ2n) is 4.13. The number of hydrogen-bond donors (Lipinski definition) is 0. The smallest absolute Gasteiger partial charge is 0.159 e. The monoisotopic (exact) mass is 241 g/mol. The van der Waals surface area contributed by atoms with Crippen LogP contribution >= 0.6 is 0 Å². The lowest BCUT2D eigenvalue weighted by Crippen LogP contribution is -2.03. The second-order valence-corrected chi connectivity index (χ2v) is 4.13. The third-order valence-electron chi connectivity index (χ3n) is 2.73. The molecular weight excluding hydrogens is 226 g/mol. The first-order valence-corrected chi connectivity index (χ1v) is 5.84. The van der Waals surface area contributed by atoms with Crippen molar-refractivity contribution in [1.29, 1.82) is 0 Å². The molecule has 1 atom stereocenters. The van der Waals surface area contributed by atoms with E-state index in [9.17, 15) is 4.79 Å². The Kier molecular flexibility index (Phi) is 3.72. The minimum atomic E-state index is -0.0677. The molecule has 92 valence electrons. The molecule has 0 N–H and O–H groups in total. The van der Waals surface area contributed by atoms with Gasteiger partial charge in [-0.15, -0.1) is 0 Å². The van der Waals surface area contributed by atoms with Crippen molar-refractivity contribution in [3.63, 3.8) is 0 Å². The lowest BCUT2D eigenvalue weighted by atomic mass is 10.1. The Morgan fingerprint density at radius 1 is 1.22 bits per heavy atom. The van der Waals surface area contributed by atoms with Gasteiger partial charge in [0.1, 0.15) is 11.9 Å². The molecule has 0 saturated heterocycles. The fourth-order valence-electron chi connectivity index (χ4n) is 1.66. The zero-order chi connectivity index (χ0) is 13.0. The summed E-state index contributed by atoms with van der Waals surface area (Å²) in [4.78, 5) is 15.2. The molecule has 1 aromatic carbocycles. The summed E-state index contributed by atoms with van der Waals surface area (Å²) in [5, 5.41) is 0. The zero-order valence-electron chi connectivity index (χ0n) is 10.5. The second kappa shape index (κ2) is 5.45. The third-order valence-corrected chi connectivity index (χ3v) is 2.73. The summed E-state index contributed by atoms with van der Waals surface area (Å²) in [6, 6.07) is 11.0. The number of pyridine rings is 1. The van der Waals surface area contributed by atoms with E-state index < -0.39 is 0 Å². The molecule has 3 heteroatoms. The first-order valence-electron chi connectivity index (χ1n) is 5.84. The van der Waals surface area contributed by atoms with Crippen molar-refractivity contribution in [3.05, 3.63) is 59.9 Å². The topological polar surface area (TPSA) is 39.2 Å². The van der Waals surface area contributed by atoms with Crippen LogP contribution in [0.4, 0.5) is 0 Å². The summed E-state index contributed by atoms with van der Waals surface area (Å²) in [5.41, 5.74) is 1.71. The van der Waals surface area contributed by atoms with E-state index in [0.717, 1.165) is 11.3 Å². The fraction of sp³-hybridized carbons (Fsp3) is 0.200. The van der Waals surface area contributed by atoms with Crippen molar-refractivity contribution in [2.45, 2.75) is 20.0 Å². The van der Waals surface area contributed by atoms with Gasteiger partial charge in [-0.25, -0.2) is 0 Å². The van der Waals surface area contributed by atoms with Gasteiger partial charge in [-0.3, -0.25) is 9.78 Å². The van der Waals surface area contributed by atoms with E-state index in [1.165, 1.54) is 0 Å². The number of ketones is 1. The van der Waals surface area contributed by atoms with Crippen LogP contribution in [0.5, 0.6) is 5.75 Å². The molecule has 3 nitrogen and oxygen atoms in total. The quantitative estimate of drug-likeness (QED) is 0.770. The van der Waals surface area contributed by atoms with Crippen LogP contribution < -0.4 is 4.74 Å². The van der Waals surface area contributed by atoms with Crippen molar-refractivity contribution < 1.29 is 9.53 Å². The molecule has 0 spiro atoms. The van der Waals surface area contributed by atoms with Gasteiger partial charge in [0.15, 0.2) is 5.78 Å². The van der Waals surface area contributed by atoms with E-state index in [0.29, 0.717) is 5.56 Å². The number of ether oxygens (including phenoxy) is 1. The van der Waals surface area contributed by atoms with Crippen LogP contribution in [0.15, 0.2) is 48.8 Å². The largest absolute Gasteiger partial charge is 0.486 e. The molecule has 1 unspecified atom stereocenters. The molecule has 18 heavy (non-hydrogen) atoms. The SMILES string of the molecule is CC(=O)c1ccc(OC(C)c2cccnc2)cc1. The summed E-state index contributed by atoms with van der Waals surface area (Å²) in [6.07, 6.45) is 3.45. The van der Waals surface area contributed by atoms with Crippen molar-refractivity contribution in [1.82, 2.24) is 4.98 Å². The lowest BCUT2D eigenvalue weighted by Gasteiger charge is -2.14. The normalized spacial score (nSPS) is 11.9. The number of hydrogen-bond acceptors (Lipinski definition) is 3. The van der Waals surface area contributed by atoms with Gasteiger partial charge in [0.05, 0.1) is 0 Å². The van der Waals surface area contributed by atoms with Gasteiger partial charge < -0.3 is 4.74 Å². The Morgan fingerprint density at radius 3 is 2.50 bits per heavy atom. The van der Waals surface area contributed by atoms with Crippen LogP contribution in [0.2, 0.25) is 0 Å². The zero-order valence-corrected chi connectivity index (χ0v) is 10.5. The maximum Gasteiger partial charge on any atom is 0.159 e. The van der Waals surface area contributed by atoms with Crippen LogP contribution in [0, 0.1) is 0 Å². The van der Waals surface area contributed by atoms with Crippen molar-refractivity contribution in [2.75, 3.05) is 0 Å². The molecule has 0 aliphatic carbocycles. The maximum absolute atomic E-state index is 11.2. The van der Waals surface area contributed by atoms with Gasteiger partial charge >= 0.3 is 0 Å². The Bertz CT molecular complexity index is 520. The van der Waals surface area contributed by atoms with Crippen LogP contribution in [0.25, 0.3) is 0 Å². The molecule has 0 saturated carbocycles. The summed E-state index contributed by atoms with van der Waals surface area (Å²) < 4.78 is 5.78. The Morgan fingerprint density at radius 2 is 1.94 bits per heavy atom. The van der Waals surface area contributed by atoms with Crippen molar-refractivity contribution in [2.24, 2.45) is 0 Å². The Hall–Kier alpha value is -2.16. The Labute approximate surface area is 106 Å². The molecule has 0 fully saturated rings. The first-order chi connectivity index (χ1) is 8.66. The highest BCUT2D eigenvalue weighted by Crippen LogP contribution is 2.21. The number of aromatic nitrogens is 1. The fourth-order valence-corrected chi connectivity index (χ4v) is 1.66. The van der Waals surface area contributed by atoms with Gasteiger partial charge in [0.2, 0.25) is 0 Å². The number of rotatable bonds is 4. The molecule has 0 aliphatic rings. The van der Waals surface area contributed by atoms with Crippen molar-refractivity contribution >= 4 is 5.78 Å². The highest BCUT2D eigenvalue weighted by Gasteiger charge is 2.07. The first kappa shape index (κ1) is 12.3. The van der Waals surface area contributed by atoms with E-state index in [1.807, 2.05) is 31.2 Å². The average Bonchev–Trinajstić information content (AvgIpc) is 2.40. The van der Waals surface area contributed by atoms with Crippen molar-refractivity contribution in [3.8, 4) is 5.75 Å². The molecule has 2 aromatic rings.